The van der Waals surface area contributed by atoms with Gasteiger partial charge in [0.15, 0.2) is 10.7 Å². The number of halogens is 1. The third kappa shape index (κ3) is 3.58. The van der Waals surface area contributed by atoms with Gasteiger partial charge in [0.2, 0.25) is 0 Å². The van der Waals surface area contributed by atoms with Gasteiger partial charge in [-0.15, -0.1) is 16.4 Å². The molecule has 3 aromatic rings. The molecule has 0 spiro atoms. The van der Waals surface area contributed by atoms with Gasteiger partial charge in [0.05, 0.1) is 11.9 Å². The quantitative estimate of drug-likeness (QED) is 0.750. The van der Waals surface area contributed by atoms with E-state index in [1.807, 2.05) is 30.3 Å². The van der Waals surface area contributed by atoms with Crippen molar-refractivity contribution in [1.82, 2.24) is 14.8 Å². The number of hydrogen-bond acceptors (Lipinski definition) is 5. The maximum Gasteiger partial charge on any atom is 0.269 e. The molecule has 1 N–H and O–H groups in total. The van der Waals surface area contributed by atoms with Crippen LogP contribution in [-0.4, -0.2) is 26.3 Å². The van der Waals surface area contributed by atoms with E-state index in [0.29, 0.717) is 10.2 Å². The standard InChI is InChI=1S/C16H15ClN4O2S/c1-16(2,14(22)19-15-18-8-9-24-15)23-13-12(17)10-21(20-13)11-6-4-3-5-7-11/h3-10H,1-2H3,(H,18,19,22). The van der Waals surface area contributed by atoms with E-state index in [4.69, 9.17) is 16.3 Å². The minimum Gasteiger partial charge on any atom is -0.459 e. The summed E-state index contributed by atoms with van der Waals surface area (Å²) in [5, 5.41) is 9.64. The molecule has 3 rings (SSSR count). The molecule has 2 aromatic heterocycles. The molecule has 24 heavy (non-hydrogen) atoms. The molecule has 0 saturated heterocycles. The van der Waals surface area contributed by atoms with Crippen LogP contribution < -0.4 is 10.1 Å². The highest BCUT2D eigenvalue weighted by atomic mass is 35.5. The van der Waals surface area contributed by atoms with Crippen molar-refractivity contribution in [3.05, 3.63) is 53.1 Å². The number of benzene rings is 1. The fourth-order valence-corrected chi connectivity index (χ4v) is 2.63. The van der Waals surface area contributed by atoms with Crippen LogP contribution in [0.3, 0.4) is 0 Å². The lowest BCUT2D eigenvalue weighted by atomic mass is 10.1. The number of para-hydroxylation sites is 1. The number of amides is 1. The molecular weight excluding hydrogens is 348 g/mol. The van der Waals surface area contributed by atoms with Crippen LogP contribution in [0.15, 0.2) is 48.1 Å². The Hall–Kier alpha value is -2.38. The van der Waals surface area contributed by atoms with Gasteiger partial charge in [0.25, 0.3) is 11.8 Å². The molecule has 0 radical (unpaired) electrons. The Morgan fingerprint density at radius 3 is 2.75 bits per heavy atom. The summed E-state index contributed by atoms with van der Waals surface area (Å²) in [6.07, 6.45) is 3.26. The zero-order valence-electron chi connectivity index (χ0n) is 13.1. The van der Waals surface area contributed by atoms with Crippen molar-refractivity contribution in [3.63, 3.8) is 0 Å². The van der Waals surface area contributed by atoms with Crippen LogP contribution in [-0.2, 0) is 4.79 Å². The van der Waals surface area contributed by atoms with Crippen LogP contribution in [0.1, 0.15) is 13.8 Å². The fourth-order valence-electron chi connectivity index (χ4n) is 1.94. The number of carbonyl (C=O) groups excluding carboxylic acids is 1. The number of ether oxygens (including phenoxy) is 1. The smallest absolute Gasteiger partial charge is 0.269 e. The normalized spacial score (nSPS) is 11.3. The average Bonchev–Trinajstić information content (AvgIpc) is 3.18. The zero-order valence-corrected chi connectivity index (χ0v) is 14.6. The highest BCUT2D eigenvalue weighted by Crippen LogP contribution is 2.28. The molecule has 0 atom stereocenters. The van der Waals surface area contributed by atoms with Gasteiger partial charge in [-0.05, 0) is 26.0 Å². The second-order valence-electron chi connectivity index (χ2n) is 5.47. The minimum absolute atomic E-state index is 0.194. The van der Waals surface area contributed by atoms with Crippen molar-refractivity contribution < 1.29 is 9.53 Å². The van der Waals surface area contributed by atoms with Gasteiger partial charge >= 0.3 is 0 Å². The van der Waals surface area contributed by atoms with Gasteiger partial charge < -0.3 is 4.74 Å². The van der Waals surface area contributed by atoms with Gasteiger partial charge in [0, 0.05) is 11.6 Å². The van der Waals surface area contributed by atoms with Crippen molar-refractivity contribution in [2.75, 3.05) is 5.32 Å². The Morgan fingerprint density at radius 2 is 2.08 bits per heavy atom. The number of nitrogens with one attached hydrogen (secondary N) is 1. The average molecular weight is 363 g/mol. The van der Waals surface area contributed by atoms with Gasteiger partial charge in [-0.1, -0.05) is 29.8 Å². The lowest BCUT2D eigenvalue weighted by molar-refractivity contribution is -0.128. The van der Waals surface area contributed by atoms with Crippen molar-refractivity contribution in [1.29, 1.82) is 0 Å². The first kappa shape index (κ1) is 16.5. The lowest BCUT2D eigenvalue weighted by Gasteiger charge is -2.23. The summed E-state index contributed by atoms with van der Waals surface area (Å²) >= 11 is 7.53. The van der Waals surface area contributed by atoms with Crippen LogP contribution in [0.2, 0.25) is 5.02 Å². The number of carbonyl (C=O) groups is 1. The Morgan fingerprint density at radius 1 is 1.33 bits per heavy atom. The summed E-state index contributed by atoms with van der Waals surface area (Å²) in [5.41, 5.74) is -0.315. The van der Waals surface area contributed by atoms with Crippen molar-refractivity contribution in [2.45, 2.75) is 19.4 Å². The van der Waals surface area contributed by atoms with E-state index in [-0.39, 0.29) is 11.8 Å². The molecule has 0 saturated carbocycles. The monoisotopic (exact) mass is 362 g/mol. The summed E-state index contributed by atoms with van der Waals surface area (Å²) in [7, 11) is 0. The second-order valence-corrected chi connectivity index (χ2v) is 6.77. The number of rotatable bonds is 5. The lowest BCUT2D eigenvalue weighted by Crippen LogP contribution is -2.42. The van der Waals surface area contributed by atoms with E-state index < -0.39 is 5.60 Å². The number of hydrogen-bond donors (Lipinski definition) is 1. The fraction of sp³-hybridized carbons (Fsp3) is 0.188. The van der Waals surface area contributed by atoms with Crippen LogP contribution in [0.5, 0.6) is 5.88 Å². The molecule has 1 aromatic carbocycles. The van der Waals surface area contributed by atoms with Gasteiger partial charge in [-0.3, -0.25) is 10.1 Å². The Labute approximate surface area is 148 Å². The number of aromatic nitrogens is 3. The number of thiazole rings is 1. The largest absolute Gasteiger partial charge is 0.459 e. The van der Waals surface area contributed by atoms with E-state index in [0.717, 1.165) is 5.69 Å². The van der Waals surface area contributed by atoms with Crippen molar-refractivity contribution in [2.24, 2.45) is 0 Å². The molecule has 0 fully saturated rings. The molecule has 0 unspecified atom stereocenters. The Balaban J connectivity index is 1.77. The van der Waals surface area contributed by atoms with Crippen molar-refractivity contribution in [3.8, 4) is 11.6 Å². The molecule has 0 aliphatic carbocycles. The van der Waals surface area contributed by atoms with Crippen LogP contribution in [0.25, 0.3) is 5.69 Å². The third-order valence-corrected chi connectivity index (χ3v) is 4.16. The first-order valence-electron chi connectivity index (χ1n) is 7.16. The highest BCUT2D eigenvalue weighted by Gasteiger charge is 2.32. The summed E-state index contributed by atoms with van der Waals surface area (Å²) in [5.74, 6) is -0.136. The van der Waals surface area contributed by atoms with Crippen LogP contribution >= 0.6 is 22.9 Å². The molecule has 0 aliphatic rings. The topological polar surface area (TPSA) is 69.0 Å². The number of anilines is 1. The first-order chi connectivity index (χ1) is 11.5. The van der Waals surface area contributed by atoms with Gasteiger partial charge in [-0.25, -0.2) is 9.67 Å². The van der Waals surface area contributed by atoms with Gasteiger partial charge in [-0.2, -0.15) is 0 Å². The van der Waals surface area contributed by atoms with E-state index in [9.17, 15) is 4.79 Å². The minimum atomic E-state index is -1.16. The van der Waals surface area contributed by atoms with E-state index in [1.54, 1.807) is 36.3 Å². The summed E-state index contributed by atoms with van der Waals surface area (Å²) < 4.78 is 7.35. The van der Waals surface area contributed by atoms with Gasteiger partial charge in [0.1, 0.15) is 5.02 Å². The second kappa shape index (κ2) is 6.62. The third-order valence-electron chi connectivity index (χ3n) is 3.21. The van der Waals surface area contributed by atoms with E-state index in [2.05, 4.69) is 15.4 Å². The van der Waals surface area contributed by atoms with Crippen LogP contribution in [0, 0.1) is 0 Å². The predicted octanol–water partition coefficient (Wildman–Crippen LogP) is 3.78. The number of nitrogens with zero attached hydrogens (tertiary/aromatic N) is 3. The first-order valence-corrected chi connectivity index (χ1v) is 8.42. The zero-order chi connectivity index (χ0) is 17.2. The Bertz CT molecular complexity index is 831. The molecule has 6 nitrogen and oxygen atoms in total. The summed E-state index contributed by atoms with van der Waals surface area (Å²) in [6.45, 7) is 3.29. The van der Waals surface area contributed by atoms with E-state index >= 15 is 0 Å². The molecule has 1 amide bonds. The van der Waals surface area contributed by atoms with Crippen molar-refractivity contribution >= 4 is 34.0 Å². The molecule has 0 bridgehead atoms. The summed E-state index contributed by atoms with van der Waals surface area (Å²) in [6, 6.07) is 9.51. The molecular formula is C16H15ClN4O2S. The predicted molar refractivity (Wildman–Crippen MR) is 94.0 cm³/mol. The molecule has 2 heterocycles. The maximum atomic E-state index is 12.4. The molecule has 8 heteroatoms. The summed E-state index contributed by atoms with van der Waals surface area (Å²) in [4.78, 5) is 16.4. The SMILES string of the molecule is CC(C)(Oc1nn(-c2ccccc2)cc1Cl)C(=O)Nc1nccs1. The maximum absolute atomic E-state index is 12.4. The molecule has 0 aliphatic heterocycles. The Kier molecular flexibility index (Phi) is 4.55. The van der Waals surface area contributed by atoms with E-state index in [1.165, 1.54) is 11.3 Å². The van der Waals surface area contributed by atoms with Crippen LogP contribution in [0.4, 0.5) is 5.13 Å². The highest BCUT2D eigenvalue weighted by molar-refractivity contribution is 7.13. The molecule has 124 valence electrons.